The number of hydrogen-bond donors (Lipinski definition) is 1. The number of halogens is 1. The summed E-state index contributed by atoms with van der Waals surface area (Å²) >= 11 is 3.40. The minimum atomic E-state index is 0.358. The Morgan fingerprint density at radius 2 is 2.07 bits per heavy atom. The number of hydrogen-bond acceptors (Lipinski definition) is 3. The molecule has 74 valence electrons. The highest BCUT2D eigenvalue weighted by atomic mass is 79.9. The maximum Gasteiger partial charge on any atom is 0.196 e. The van der Waals surface area contributed by atoms with Crippen molar-refractivity contribution in [1.29, 1.82) is 0 Å². The van der Waals surface area contributed by atoms with E-state index in [1.54, 1.807) is 0 Å². The maximum atomic E-state index is 5.80. The molecule has 0 saturated heterocycles. The third kappa shape index (κ3) is 1.62. The van der Waals surface area contributed by atoms with E-state index in [0.29, 0.717) is 12.0 Å². The van der Waals surface area contributed by atoms with Gasteiger partial charge in [0, 0.05) is 10.2 Å². The first-order chi connectivity index (χ1) is 6.68. The summed E-state index contributed by atoms with van der Waals surface area (Å²) in [6.45, 7) is 2.90. The fourth-order valence-corrected chi connectivity index (χ4v) is 1.86. The highest BCUT2D eigenvalue weighted by Crippen LogP contribution is 2.22. The quantitative estimate of drug-likeness (QED) is 0.832. The van der Waals surface area contributed by atoms with E-state index in [2.05, 4.69) is 27.8 Å². The summed E-state index contributed by atoms with van der Waals surface area (Å²) in [5.41, 5.74) is 6.90. The molecule has 4 heteroatoms. The van der Waals surface area contributed by atoms with Crippen LogP contribution in [0.2, 0.25) is 0 Å². The molecular weight excluding hydrogens is 242 g/mol. The van der Waals surface area contributed by atoms with E-state index in [-0.39, 0.29) is 0 Å². The molecule has 14 heavy (non-hydrogen) atoms. The van der Waals surface area contributed by atoms with Gasteiger partial charge in [-0.25, -0.2) is 0 Å². The number of guanidine groups is 1. The molecule has 1 heterocycles. The Balaban J connectivity index is 2.30. The molecule has 1 atom stereocenters. The number of aliphatic imine (C=N–C) groups is 1. The van der Waals surface area contributed by atoms with Crippen molar-refractivity contribution >= 4 is 27.6 Å². The lowest BCUT2D eigenvalue weighted by Crippen LogP contribution is -2.39. The molecule has 0 saturated carbocycles. The molecule has 0 aromatic heterocycles. The number of nitrogens with zero attached hydrogens (tertiary/aromatic N) is 2. The first-order valence-corrected chi connectivity index (χ1v) is 5.32. The molecule has 1 aliphatic heterocycles. The van der Waals surface area contributed by atoms with Gasteiger partial charge in [0.2, 0.25) is 0 Å². The van der Waals surface area contributed by atoms with Gasteiger partial charge in [0.15, 0.2) is 5.96 Å². The molecule has 2 N–H and O–H groups in total. The van der Waals surface area contributed by atoms with Crippen LogP contribution >= 0.6 is 15.9 Å². The molecule has 3 nitrogen and oxygen atoms in total. The second kappa shape index (κ2) is 3.61. The number of anilines is 1. The Morgan fingerprint density at radius 1 is 1.43 bits per heavy atom. The van der Waals surface area contributed by atoms with Gasteiger partial charge in [-0.2, -0.15) is 0 Å². The van der Waals surface area contributed by atoms with Gasteiger partial charge in [-0.15, -0.1) is 0 Å². The fraction of sp³-hybridized carbons (Fsp3) is 0.300. The van der Waals surface area contributed by atoms with E-state index in [1.807, 2.05) is 29.2 Å². The maximum absolute atomic E-state index is 5.80. The molecule has 0 fully saturated rings. The highest BCUT2D eigenvalue weighted by molar-refractivity contribution is 9.10. The molecule has 0 amide bonds. The lowest BCUT2D eigenvalue weighted by Gasteiger charge is -2.23. The molecule has 1 aliphatic rings. The summed E-state index contributed by atoms with van der Waals surface area (Å²) in [6.07, 6.45) is 0. The van der Waals surface area contributed by atoms with E-state index < -0.39 is 0 Å². The van der Waals surface area contributed by atoms with Crippen molar-refractivity contribution in [3.05, 3.63) is 28.7 Å². The van der Waals surface area contributed by atoms with E-state index in [4.69, 9.17) is 5.73 Å². The van der Waals surface area contributed by atoms with Crippen LogP contribution in [0.4, 0.5) is 5.69 Å². The van der Waals surface area contributed by atoms with Crippen LogP contribution in [0.1, 0.15) is 6.92 Å². The zero-order chi connectivity index (χ0) is 10.1. The van der Waals surface area contributed by atoms with Crippen molar-refractivity contribution in [3.8, 4) is 0 Å². The minimum absolute atomic E-state index is 0.358. The Kier molecular flexibility index (Phi) is 2.46. The van der Waals surface area contributed by atoms with Crippen LogP contribution in [-0.2, 0) is 0 Å². The highest BCUT2D eigenvalue weighted by Gasteiger charge is 2.22. The first-order valence-electron chi connectivity index (χ1n) is 4.53. The van der Waals surface area contributed by atoms with Crippen LogP contribution < -0.4 is 10.6 Å². The Morgan fingerprint density at radius 3 is 2.57 bits per heavy atom. The molecule has 2 rings (SSSR count). The van der Waals surface area contributed by atoms with Gasteiger partial charge in [0.25, 0.3) is 0 Å². The molecule has 0 spiro atoms. The predicted octanol–water partition coefficient (Wildman–Crippen LogP) is 1.97. The predicted molar refractivity (Wildman–Crippen MR) is 62.6 cm³/mol. The van der Waals surface area contributed by atoms with Crippen LogP contribution in [0.3, 0.4) is 0 Å². The number of rotatable bonds is 1. The Bertz CT molecular complexity index is 358. The summed E-state index contributed by atoms with van der Waals surface area (Å²) in [7, 11) is 0. The normalized spacial score (nSPS) is 21.1. The van der Waals surface area contributed by atoms with Crippen molar-refractivity contribution in [3.63, 3.8) is 0 Å². The van der Waals surface area contributed by atoms with E-state index in [9.17, 15) is 0 Å². The smallest absolute Gasteiger partial charge is 0.196 e. The van der Waals surface area contributed by atoms with Gasteiger partial charge in [0.1, 0.15) is 0 Å². The van der Waals surface area contributed by atoms with Crippen molar-refractivity contribution in [2.45, 2.75) is 13.0 Å². The van der Waals surface area contributed by atoms with Crippen molar-refractivity contribution < 1.29 is 0 Å². The summed E-state index contributed by atoms with van der Waals surface area (Å²) in [6, 6.07) is 8.44. The van der Waals surface area contributed by atoms with Gasteiger partial charge in [-0.1, -0.05) is 15.9 Å². The van der Waals surface area contributed by atoms with Crippen LogP contribution in [-0.4, -0.2) is 18.5 Å². The average Bonchev–Trinajstić information content (AvgIpc) is 2.49. The van der Waals surface area contributed by atoms with E-state index >= 15 is 0 Å². The molecule has 1 unspecified atom stereocenters. The topological polar surface area (TPSA) is 41.6 Å². The van der Waals surface area contributed by atoms with Gasteiger partial charge in [-0.05, 0) is 31.2 Å². The summed E-state index contributed by atoms with van der Waals surface area (Å²) in [5, 5.41) is 0. The van der Waals surface area contributed by atoms with Crippen LogP contribution in [0.5, 0.6) is 0 Å². The third-order valence-electron chi connectivity index (χ3n) is 2.31. The summed E-state index contributed by atoms with van der Waals surface area (Å²) < 4.78 is 1.07. The molecule has 0 bridgehead atoms. The molecule has 0 radical (unpaired) electrons. The van der Waals surface area contributed by atoms with Gasteiger partial charge in [-0.3, -0.25) is 4.99 Å². The molecule has 1 aromatic carbocycles. The minimum Gasteiger partial charge on any atom is -0.370 e. The number of nitrogens with two attached hydrogens (primary N) is 1. The lowest BCUT2D eigenvalue weighted by atomic mass is 10.2. The third-order valence-corrected chi connectivity index (χ3v) is 2.84. The van der Waals surface area contributed by atoms with Crippen LogP contribution in [0.15, 0.2) is 33.7 Å². The second-order valence-electron chi connectivity index (χ2n) is 3.39. The van der Waals surface area contributed by atoms with Gasteiger partial charge >= 0.3 is 0 Å². The summed E-state index contributed by atoms with van der Waals surface area (Å²) in [5.74, 6) is 0.611. The van der Waals surface area contributed by atoms with Gasteiger partial charge < -0.3 is 10.6 Å². The average molecular weight is 254 g/mol. The van der Waals surface area contributed by atoms with Crippen LogP contribution in [0.25, 0.3) is 0 Å². The standard InChI is InChI=1S/C10H12BrN3/c1-7-6-13-10(12)14(7)9-4-2-8(11)3-5-9/h2-5,7H,6H2,1H3,(H2,12,13). The largest absolute Gasteiger partial charge is 0.370 e. The molecule has 0 aliphatic carbocycles. The Hall–Kier alpha value is -1.03. The SMILES string of the molecule is CC1CN=C(N)N1c1ccc(Br)cc1. The molecular formula is C10H12BrN3. The van der Waals surface area contributed by atoms with Gasteiger partial charge in [0.05, 0.1) is 12.6 Å². The number of benzene rings is 1. The summed E-state index contributed by atoms with van der Waals surface area (Å²) in [4.78, 5) is 6.25. The zero-order valence-corrected chi connectivity index (χ0v) is 9.53. The lowest BCUT2D eigenvalue weighted by molar-refractivity contribution is 0.784. The van der Waals surface area contributed by atoms with E-state index in [1.165, 1.54) is 0 Å². The van der Waals surface area contributed by atoms with E-state index in [0.717, 1.165) is 16.7 Å². The second-order valence-corrected chi connectivity index (χ2v) is 4.31. The monoisotopic (exact) mass is 253 g/mol. The van der Waals surface area contributed by atoms with Crippen molar-refractivity contribution in [1.82, 2.24) is 0 Å². The van der Waals surface area contributed by atoms with Crippen molar-refractivity contribution in [2.75, 3.05) is 11.4 Å². The fourth-order valence-electron chi connectivity index (χ4n) is 1.60. The first kappa shape index (κ1) is 9.52. The zero-order valence-electron chi connectivity index (χ0n) is 7.94. The Labute approximate surface area is 91.7 Å². The van der Waals surface area contributed by atoms with Crippen molar-refractivity contribution in [2.24, 2.45) is 10.7 Å². The van der Waals surface area contributed by atoms with Crippen LogP contribution in [0, 0.1) is 0 Å². The molecule has 1 aromatic rings.